The molecule has 0 bridgehead atoms. The van der Waals surface area contributed by atoms with Crippen LogP contribution in [0.2, 0.25) is 0 Å². The summed E-state index contributed by atoms with van der Waals surface area (Å²) in [6.45, 7) is 1.94. The number of hydrogen-bond donors (Lipinski definition) is 1. The molecule has 0 saturated carbocycles. The van der Waals surface area contributed by atoms with E-state index < -0.39 is 0 Å². The zero-order chi connectivity index (χ0) is 18.3. The van der Waals surface area contributed by atoms with Crippen LogP contribution in [0.1, 0.15) is 16.1 Å². The Hall–Kier alpha value is -2.68. The van der Waals surface area contributed by atoms with Crippen LogP contribution in [-0.4, -0.2) is 27.4 Å². The predicted molar refractivity (Wildman–Crippen MR) is 109 cm³/mol. The molecule has 0 fully saturated rings. The highest BCUT2D eigenvalue weighted by atomic mass is 127. The van der Waals surface area contributed by atoms with Gasteiger partial charge in [-0.15, -0.1) is 0 Å². The zero-order valence-electron chi connectivity index (χ0n) is 14.2. The lowest BCUT2D eigenvalue weighted by atomic mass is 10.1. The van der Waals surface area contributed by atoms with Gasteiger partial charge in [0.1, 0.15) is 5.65 Å². The van der Waals surface area contributed by atoms with Crippen molar-refractivity contribution in [3.05, 3.63) is 63.5 Å². The van der Waals surface area contributed by atoms with Gasteiger partial charge in [-0.05, 0) is 65.9 Å². The van der Waals surface area contributed by atoms with E-state index in [0.717, 1.165) is 26.0 Å². The normalized spacial score (nSPS) is 11.0. The molecule has 26 heavy (non-hydrogen) atoms. The molecule has 2 heterocycles. The number of halogens is 1. The van der Waals surface area contributed by atoms with E-state index in [1.807, 2.05) is 47.9 Å². The van der Waals surface area contributed by atoms with E-state index in [1.165, 1.54) is 7.11 Å². The Balaban J connectivity index is 1.93. The Bertz CT molecular complexity index is 1150. The fraction of sp³-hybridized carbons (Fsp3) is 0.105. The molecule has 130 valence electrons. The third-order valence-corrected chi connectivity index (χ3v) is 4.69. The minimum atomic E-state index is -0.389. The number of aromatic nitrogens is 3. The first kappa shape index (κ1) is 16.8. The Kier molecular flexibility index (Phi) is 4.23. The molecule has 2 aromatic heterocycles. The summed E-state index contributed by atoms with van der Waals surface area (Å²) < 4.78 is 7.86. The Labute approximate surface area is 163 Å². The van der Waals surface area contributed by atoms with Crippen LogP contribution in [0.4, 0.5) is 11.6 Å². The van der Waals surface area contributed by atoms with Crippen LogP contribution in [0.25, 0.3) is 16.6 Å². The topological polar surface area (TPSA) is 68.5 Å². The number of methoxy groups -OCH3 is 1. The number of benzene rings is 2. The summed E-state index contributed by atoms with van der Waals surface area (Å²) in [7, 11) is 1.37. The van der Waals surface area contributed by atoms with Crippen molar-refractivity contribution in [2.75, 3.05) is 12.4 Å². The summed E-state index contributed by atoms with van der Waals surface area (Å²) in [5.41, 5.74) is 3.75. The van der Waals surface area contributed by atoms with E-state index in [1.54, 1.807) is 12.1 Å². The fourth-order valence-electron chi connectivity index (χ4n) is 2.86. The number of imidazole rings is 1. The van der Waals surface area contributed by atoms with Crippen LogP contribution >= 0.6 is 22.6 Å². The van der Waals surface area contributed by atoms with Crippen molar-refractivity contribution < 1.29 is 9.53 Å². The van der Waals surface area contributed by atoms with Gasteiger partial charge in [0.25, 0.3) is 0 Å². The standard InChI is InChI=1S/C19H15IN4O2/c1-11-10-24-17(21-11)15-7-6-12(18(25)26-2)8-16(15)23-19(24)22-14-5-3-4-13(20)9-14/h3-10H,1-2H3,(H,22,23). The number of hydrogen-bond acceptors (Lipinski definition) is 5. The maximum Gasteiger partial charge on any atom is 0.337 e. The van der Waals surface area contributed by atoms with E-state index >= 15 is 0 Å². The van der Waals surface area contributed by atoms with Crippen molar-refractivity contribution in [2.45, 2.75) is 6.92 Å². The van der Waals surface area contributed by atoms with Crippen LogP contribution in [0.15, 0.2) is 48.7 Å². The van der Waals surface area contributed by atoms with Gasteiger partial charge in [0.2, 0.25) is 5.95 Å². The number of rotatable bonds is 3. The first-order chi connectivity index (χ1) is 12.5. The molecule has 6 nitrogen and oxygen atoms in total. The van der Waals surface area contributed by atoms with Gasteiger partial charge in [0.15, 0.2) is 0 Å². The lowest BCUT2D eigenvalue weighted by Gasteiger charge is -2.11. The van der Waals surface area contributed by atoms with Crippen molar-refractivity contribution in [1.29, 1.82) is 0 Å². The van der Waals surface area contributed by atoms with Gasteiger partial charge >= 0.3 is 5.97 Å². The quantitative estimate of drug-likeness (QED) is 0.366. The number of aryl methyl sites for hydroxylation is 1. The second kappa shape index (κ2) is 6.56. The summed E-state index contributed by atoms with van der Waals surface area (Å²) in [5, 5.41) is 4.22. The minimum Gasteiger partial charge on any atom is -0.465 e. The molecule has 0 amide bonds. The van der Waals surface area contributed by atoms with Crippen molar-refractivity contribution in [3.63, 3.8) is 0 Å². The minimum absolute atomic E-state index is 0.389. The Morgan fingerprint density at radius 2 is 2.04 bits per heavy atom. The summed E-state index contributed by atoms with van der Waals surface area (Å²) in [6, 6.07) is 13.3. The molecule has 0 unspecified atom stereocenters. The molecule has 4 aromatic rings. The highest BCUT2D eigenvalue weighted by Gasteiger charge is 2.14. The molecule has 7 heteroatoms. The van der Waals surface area contributed by atoms with E-state index in [-0.39, 0.29) is 5.97 Å². The molecular weight excluding hydrogens is 443 g/mol. The zero-order valence-corrected chi connectivity index (χ0v) is 16.3. The predicted octanol–water partition coefficient (Wildman–Crippen LogP) is 4.33. The van der Waals surface area contributed by atoms with Crippen LogP contribution in [-0.2, 0) is 4.74 Å². The van der Waals surface area contributed by atoms with Gasteiger partial charge in [-0.2, -0.15) is 0 Å². The molecular formula is C19H15IN4O2. The van der Waals surface area contributed by atoms with Crippen LogP contribution in [0, 0.1) is 10.5 Å². The third-order valence-electron chi connectivity index (χ3n) is 4.02. The van der Waals surface area contributed by atoms with Crippen LogP contribution in [0.3, 0.4) is 0 Å². The molecule has 0 aliphatic rings. The van der Waals surface area contributed by atoms with Gasteiger partial charge in [0.05, 0.1) is 23.9 Å². The number of ether oxygens (including phenoxy) is 1. The van der Waals surface area contributed by atoms with Gasteiger partial charge < -0.3 is 10.1 Å². The number of esters is 1. The molecule has 2 aromatic carbocycles. The largest absolute Gasteiger partial charge is 0.465 e. The van der Waals surface area contributed by atoms with E-state index in [4.69, 9.17) is 9.72 Å². The fourth-order valence-corrected chi connectivity index (χ4v) is 3.40. The highest BCUT2D eigenvalue weighted by Crippen LogP contribution is 2.25. The van der Waals surface area contributed by atoms with Crippen molar-refractivity contribution in [3.8, 4) is 0 Å². The van der Waals surface area contributed by atoms with Crippen LogP contribution in [0.5, 0.6) is 0 Å². The van der Waals surface area contributed by atoms with Crippen LogP contribution < -0.4 is 5.32 Å². The lowest BCUT2D eigenvalue weighted by Crippen LogP contribution is -2.04. The van der Waals surface area contributed by atoms with Crippen molar-refractivity contribution in [2.24, 2.45) is 0 Å². The average Bonchev–Trinajstić information content (AvgIpc) is 3.02. The summed E-state index contributed by atoms with van der Waals surface area (Å²) in [5.74, 6) is 0.248. The number of carbonyl (C=O) groups excluding carboxylic acids is 1. The number of anilines is 2. The Morgan fingerprint density at radius 1 is 1.19 bits per heavy atom. The number of nitrogens with zero attached hydrogens (tertiary/aromatic N) is 3. The van der Waals surface area contributed by atoms with Crippen molar-refractivity contribution >= 4 is 56.7 Å². The summed E-state index contributed by atoms with van der Waals surface area (Å²) >= 11 is 2.27. The summed E-state index contributed by atoms with van der Waals surface area (Å²) in [6.07, 6.45) is 1.94. The van der Waals surface area contributed by atoms with Crippen molar-refractivity contribution in [1.82, 2.24) is 14.4 Å². The molecule has 0 atom stereocenters. The number of carbonyl (C=O) groups is 1. The first-order valence-electron chi connectivity index (χ1n) is 7.95. The van der Waals surface area contributed by atoms with Gasteiger partial charge in [-0.3, -0.25) is 4.40 Å². The SMILES string of the molecule is COC(=O)c1ccc2c(c1)nc(Nc1cccc(I)c1)n1cc(C)nc21. The van der Waals surface area contributed by atoms with E-state index in [0.29, 0.717) is 17.0 Å². The maximum atomic E-state index is 11.9. The molecule has 4 rings (SSSR count). The maximum absolute atomic E-state index is 11.9. The van der Waals surface area contributed by atoms with E-state index in [9.17, 15) is 4.79 Å². The monoisotopic (exact) mass is 458 g/mol. The smallest absolute Gasteiger partial charge is 0.337 e. The van der Waals surface area contributed by atoms with Gasteiger partial charge in [0, 0.05) is 20.8 Å². The molecule has 0 aliphatic heterocycles. The molecule has 0 spiro atoms. The second-order valence-corrected chi connectivity index (χ2v) is 7.12. The number of nitrogens with one attached hydrogen (secondary N) is 1. The van der Waals surface area contributed by atoms with Gasteiger partial charge in [-0.1, -0.05) is 6.07 Å². The third kappa shape index (κ3) is 2.98. The number of fused-ring (bicyclic) bond motifs is 3. The lowest BCUT2D eigenvalue weighted by molar-refractivity contribution is 0.0601. The molecule has 1 N–H and O–H groups in total. The second-order valence-electron chi connectivity index (χ2n) is 5.87. The molecule has 0 saturated heterocycles. The highest BCUT2D eigenvalue weighted by molar-refractivity contribution is 14.1. The molecule has 0 radical (unpaired) electrons. The Morgan fingerprint density at radius 3 is 2.81 bits per heavy atom. The first-order valence-corrected chi connectivity index (χ1v) is 9.03. The summed E-state index contributed by atoms with van der Waals surface area (Å²) in [4.78, 5) is 21.2. The van der Waals surface area contributed by atoms with Gasteiger partial charge in [-0.25, -0.2) is 14.8 Å². The van der Waals surface area contributed by atoms with E-state index in [2.05, 4.69) is 32.9 Å². The average molecular weight is 458 g/mol. The molecule has 0 aliphatic carbocycles.